The Morgan fingerprint density at radius 3 is 2.67 bits per heavy atom. The molecule has 0 spiro atoms. The predicted molar refractivity (Wildman–Crippen MR) is 121 cm³/mol. The lowest BCUT2D eigenvalue weighted by Crippen LogP contribution is -2.45. The molecule has 6 nitrogen and oxygen atoms in total. The van der Waals surface area contributed by atoms with Crippen LogP contribution in [-0.2, 0) is 16.0 Å². The minimum atomic E-state index is -0.0649. The fourth-order valence-electron chi connectivity index (χ4n) is 4.24. The second kappa shape index (κ2) is 8.59. The zero-order chi connectivity index (χ0) is 20.4. The number of nitrogens with one attached hydrogen (secondary N) is 1. The first-order valence-electron chi connectivity index (χ1n) is 10.7. The van der Waals surface area contributed by atoms with Gasteiger partial charge in [0.25, 0.3) is 0 Å². The van der Waals surface area contributed by atoms with Gasteiger partial charge in [-0.1, -0.05) is 30.3 Å². The quantitative estimate of drug-likeness (QED) is 0.614. The van der Waals surface area contributed by atoms with Gasteiger partial charge in [-0.05, 0) is 24.8 Å². The largest absolute Gasteiger partial charge is 0.379 e. The van der Waals surface area contributed by atoms with E-state index in [1.807, 2.05) is 13.2 Å². The molecule has 30 heavy (non-hydrogen) atoms. The van der Waals surface area contributed by atoms with Crippen molar-refractivity contribution in [1.29, 1.82) is 0 Å². The third-order valence-electron chi connectivity index (χ3n) is 6.31. The van der Waals surface area contributed by atoms with Gasteiger partial charge in [0.15, 0.2) is 0 Å². The third-order valence-corrected chi connectivity index (χ3v) is 7.18. The third kappa shape index (κ3) is 3.95. The highest BCUT2D eigenvalue weighted by Crippen LogP contribution is 2.39. The Morgan fingerprint density at radius 1 is 1.17 bits per heavy atom. The number of hydrogen-bond donors (Lipinski definition) is 1. The van der Waals surface area contributed by atoms with E-state index in [1.54, 1.807) is 11.3 Å². The maximum absolute atomic E-state index is 5.83. The summed E-state index contributed by atoms with van der Waals surface area (Å²) in [6, 6.07) is 10.5. The second-order valence-electron chi connectivity index (χ2n) is 8.17. The highest BCUT2D eigenvalue weighted by Gasteiger charge is 2.37. The van der Waals surface area contributed by atoms with Gasteiger partial charge in [0, 0.05) is 37.7 Å². The number of benzene rings is 1. The normalized spacial score (nSPS) is 19.0. The molecule has 2 aliphatic rings. The molecule has 1 saturated carbocycles. The molecule has 0 amide bonds. The van der Waals surface area contributed by atoms with Gasteiger partial charge < -0.3 is 14.8 Å². The Hall–Kier alpha value is -2.06. The summed E-state index contributed by atoms with van der Waals surface area (Å²) in [6.45, 7) is 4.94. The van der Waals surface area contributed by atoms with E-state index in [1.165, 1.54) is 17.5 Å². The van der Waals surface area contributed by atoms with Gasteiger partial charge in [-0.3, -0.25) is 4.90 Å². The molecule has 1 aliphatic heterocycles. The summed E-state index contributed by atoms with van der Waals surface area (Å²) in [5.74, 6) is 1.79. The molecule has 1 saturated heterocycles. The molecule has 2 fully saturated rings. The van der Waals surface area contributed by atoms with Crippen molar-refractivity contribution >= 4 is 27.4 Å². The fourth-order valence-corrected chi connectivity index (χ4v) is 5.21. The summed E-state index contributed by atoms with van der Waals surface area (Å²) in [7, 11) is 1.82. The molecule has 0 atom stereocenters. The Morgan fingerprint density at radius 2 is 1.97 bits per heavy atom. The average Bonchev–Trinajstić information content (AvgIpc) is 3.19. The number of fused-ring (bicyclic) bond motifs is 1. The number of methoxy groups -OCH3 is 1. The summed E-state index contributed by atoms with van der Waals surface area (Å²) < 4.78 is 11.3. The van der Waals surface area contributed by atoms with E-state index in [-0.39, 0.29) is 5.60 Å². The van der Waals surface area contributed by atoms with Crippen LogP contribution in [0.4, 0.5) is 5.82 Å². The zero-order valence-corrected chi connectivity index (χ0v) is 18.2. The Labute approximate surface area is 181 Å². The van der Waals surface area contributed by atoms with Crippen LogP contribution in [0, 0.1) is 0 Å². The lowest BCUT2D eigenvalue weighted by Gasteiger charge is -2.40. The topological polar surface area (TPSA) is 59.5 Å². The Balaban J connectivity index is 1.50. The zero-order valence-electron chi connectivity index (χ0n) is 17.4. The van der Waals surface area contributed by atoms with E-state index < -0.39 is 0 Å². The number of anilines is 1. The maximum Gasteiger partial charge on any atom is 0.146 e. The lowest BCUT2D eigenvalue weighted by molar-refractivity contribution is -0.0601. The van der Waals surface area contributed by atoms with Gasteiger partial charge in [-0.15, -0.1) is 11.3 Å². The van der Waals surface area contributed by atoms with Crippen LogP contribution < -0.4 is 5.32 Å². The van der Waals surface area contributed by atoms with Gasteiger partial charge in [-0.25, -0.2) is 9.97 Å². The van der Waals surface area contributed by atoms with Crippen LogP contribution in [0.25, 0.3) is 21.3 Å². The smallest absolute Gasteiger partial charge is 0.146 e. The van der Waals surface area contributed by atoms with Gasteiger partial charge in [0.1, 0.15) is 16.5 Å². The fraction of sp³-hybridized carbons (Fsp3) is 0.478. The molecule has 1 N–H and O–H groups in total. The minimum absolute atomic E-state index is 0.0649. The monoisotopic (exact) mass is 424 g/mol. The highest BCUT2D eigenvalue weighted by molar-refractivity contribution is 7.17. The molecular weight excluding hydrogens is 396 g/mol. The molecular formula is C23H28N4O2S. The van der Waals surface area contributed by atoms with E-state index in [2.05, 4.69) is 39.9 Å². The molecule has 5 rings (SSSR count). The van der Waals surface area contributed by atoms with Crippen molar-refractivity contribution in [2.45, 2.75) is 31.4 Å². The number of thiophene rings is 1. The lowest BCUT2D eigenvalue weighted by atomic mass is 9.80. The van der Waals surface area contributed by atoms with Crippen molar-refractivity contribution in [2.24, 2.45) is 0 Å². The number of hydrogen-bond acceptors (Lipinski definition) is 7. The molecule has 0 bridgehead atoms. The summed E-state index contributed by atoms with van der Waals surface area (Å²) in [5, 5.41) is 6.96. The summed E-state index contributed by atoms with van der Waals surface area (Å²) in [6.07, 6.45) is 3.42. The number of ether oxygens (including phenoxy) is 2. The van der Waals surface area contributed by atoms with Crippen LogP contribution in [0.5, 0.6) is 0 Å². The van der Waals surface area contributed by atoms with E-state index >= 15 is 0 Å². The Bertz CT molecular complexity index is 992. The molecule has 3 heterocycles. The standard InChI is InChI=1S/C23H28N4O2S/c1-28-23(8-5-9-23)16-24-21-20-18(17-6-3-2-4-7-17)15-30-22(20)26-19(25-21)14-27-10-12-29-13-11-27/h2-4,6-7,15H,5,8-14,16H2,1H3,(H,24,25,26). The van der Waals surface area contributed by atoms with Gasteiger partial charge >= 0.3 is 0 Å². The van der Waals surface area contributed by atoms with E-state index in [0.29, 0.717) is 0 Å². The Kier molecular flexibility index (Phi) is 5.69. The summed E-state index contributed by atoms with van der Waals surface area (Å²) in [5.41, 5.74) is 2.32. The van der Waals surface area contributed by atoms with E-state index in [4.69, 9.17) is 19.4 Å². The molecule has 7 heteroatoms. The van der Waals surface area contributed by atoms with Crippen LogP contribution in [0.3, 0.4) is 0 Å². The first-order valence-corrected chi connectivity index (χ1v) is 11.6. The van der Waals surface area contributed by atoms with Crippen LogP contribution >= 0.6 is 11.3 Å². The minimum Gasteiger partial charge on any atom is -0.379 e. The van der Waals surface area contributed by atoms with Gasteiger partial charge in [0.2, 0.25) is 0 Å². The first kappa shape index (κ1) is 19.9. The molecule has 0 radical (unpaired) electrons. The average molecular weight is 425 g/mol. The van der Waals surface area contributed by atoms with Crippen molar-refractivity contribution in [3.05, 3.63) is 41.5 Å². The van der Waals surface area contributed by atoms with Crippen LogP contribution in [0.1, 0.15) is 25.1 Å². The van der Waals surface area contributed by atoms with Crippen LogP contribution in [-0.4, -0.2) is 60.4 Å². The number of nitrogens with zero attached hydrogens (tertiary/aromatic N) is 3. The second-order valence-corrected chi connectivity index (χ2v) is 9.02. The molecule has 1 aromatic carbocycles. The summed E-state index contributed by atoms with van der Waals surface area (Å²) >= 11 is 1.69. The van der Waals surface area contributed by atoms with Gasteiger partial charge in [-0.2, -0.15) is 0 Å². The van der Waals surface area contributed by atoms with Crippen molar-refractivity contribution in [2.75, 3.05) is 45.3 Å². The van der Waals surface area contributed by atoms with Crippen LogP contribution in [0.15, 0.2) is 35.7 Å². The predicted octanol–water partition coefficient (Wildman–Crippen LogP) is 4.17. The van der Waals surface area contributed by atoms with Crippen molar-refractivity contribution in [3.8, 4) is 11.1 Å². The SMILES string of the molecule is COC1(CNc2nc(CN3CCOCC3)nc3scc(-c4ccccc4)c23)CCC1. The number of rotatable bonds is 7. The number of morpholine rings is 1. The van der Waals surface area contributed by atoms with Crippen molar-refractivity contribution < 1.29 is 9.47 Å². The number of aromatic nitrogens is 2. The molecule has 2 aromatic heterocycles. The maximum atomic E-state index is 5.83. The van der Waals surface area contributed by atoms with Gasteiger partial charge in [0.05, 0.1) is 30.7 Å². The van der Waals surface area contributed by atoms with Crippen molar-refractivity contribution in [3.63, 3.8) is 0 Å². The molecule has 3 aromatic rings. The molecule has 0 unspecified atom stereocenters. The highest BCUT2D eigenvalue weighted by atomic mass is 32.1. The molecule has 158 valence electrons. The summed E-state index contributed by atoms with van der Waals surface area (Å²) in [4.78, 5) is 13.3. The van der Waals surface area contributed by atoms with Crippen LogP contribution in [0.2, 0.25) is 0 Å². The molecule has 1 aliphatic carbocycles. The van der Waals surface area contributed by atoms with Crippen molar-refractivity contribution in [1.82, 2.24) is 14.9 Å². The van der Waals surface area contributed by atoms with E-state index in [9.17, 15) is 0 Å². The van der Waals surface area contributed by atoms with E-state index in [0.717, 1.165) is 74.1 Å². The first-order chi connectivity index (χ1) is 14.8.